The quantitative estimate of drug-likeness (QED) is 0.324. The molecule has 3 aromatic rings. The van der Waals surface area contributed by atoms with Crippen molar-refractivity contribution in [1.82, 2.24) is 10.1 Å². The average molecular weight is 513 g/mol. The van der Waals surface area contributed by atoms with E-state index in [-0.39, 0.29) is 28.2 Å². The Morgan fingerprint density at radius 1 is 1.24 bits per heavy atom. The summed E-state index contributed by atoms with van der Waals surface area (Å²) in [5, 5.41) is 6.11. The Balaban J connectivity index is 1.59. The van der Waals surface area contributed by atoms with Gasteiger partial charge < -0.3 is 14.7 Å². The molecule has 9 nitrogen and oxygen atoms in total. The van der Waals surface area contributed by atoms with Gasteiger partial charge in [0, 0.05) is 24.7 Å². The molecule has 0 unspecified atom stereocenters. The van der Waals surface area contributed by atoms with Crippen LogP contribution in [0.3, 0.4) is 0 Å². The number of sulfonamides is 1. The number of aromatic nitrogens is 1. The number of anilines is 2. The Hall–Kier alpha value is -3.22. The van der Waals surface area contributed by atoms with Crippen LogP contribution in [0.5, 0.6) is 0 Å². The molecule has 2 aromatic carbocycles. The van der Waals surface area contributed by atoms with Crippen molar-refractivity contribution in [2.45, 2.75) is 24.4 Å². The molecule has 2 heterocycles. The van der Waals surface area contributed by atoms with Crippen molar-refractivity contribution in [1.29, 1.82) is 0 Å². The maximum absolute atomic E-state index is 14.9. The Bertz CT molecular complexity index is 1290. The summed E-state index contributed by atoms with van der Waals surface area (Å²) in [5.41, 5.74) is 1.25. The van der Waals surface area contributed by atoms with E-state index in [1.807, 2.05) is 6.07 Å². The Labute approximate surface area is 198 Å². The Kier molecular flexibility index (Phi) is 7.00. The second-order valence-electron chi connectivity index (χ2n) is 7.41. The van der Waals surface area contributed by atoms with E-state index in [0.717, 1.165) is 49.5 Å². The fourth-order valence-electron chi connectivity index (χ4n) is 3.44. The summed E-state index contributed by atoms with van der Waals surface area (Å²) in [6, 6.07) is 7.61. The molecule has 1 aliphatic rings. The molecular weight excluding hydrogens is 494 g/mol. The first kappa shape index (κ1) is 23.9. The standard InChI is InChI=1S/C21H19ClF2N4O5S/c22-16-9-20(34(30,31)28(33-13-29)21-5-8-32-26-21)18(24)10-19(16)25-11-15-14(3-1-4-17(15)23)12-27-6-2-7-27/h1,3-5,8-10,13,25H,2,6-7,11-12H2. The van der Waals surface area contributed by atoms with Crippen LogP contribution in [0.2, 0.25) is 5.02 Å². The van der Waals surface area contributed by atoms with E-state index < -0.39 is 32.4 Å². The summed E-state index contributed by atoms with van der Waals surface area (Å²) >= 11 is 6.22. The van der Waals surface area contributed by atoms with Gasteiger partial charge in [-0.05, 0) is 43.3 Å². The Morgan fingerprint density at radius 2 is 2.03 bits per heavy atom. The van der Waals surface area contributed by atoms with Gasteiger partial charge in [0.05, 0.1) is 10.7 Å². The molecular formula is C21H19ClF2N4O5S. The zero-order valence-corrected chi connectivity index (χ0v) is 19.2. The number of hydrogen-bond donors (Lipinski definition) is 1. The largest absolute Gasteiger partial charge is 0.380 e. The van der Waals surface area contributed by atoms with E-state index in [1.165, 1.54) is 6.07 Å². The van der Waals surface area contributed by atoms with E-state index in [4.69, 9.17) is 11.6 Å². The first-order valence-corrected chi connectivity index (χ1v) is 11.9. The number of benzene rings is 2. The second-order valence-corrected chi connectivity index (χ2v) is 9.54. The van der Waals surface area contributed by atoms with Crippen molar-refractivity contribution >= 4 is 39.6 Å². The van der Waals surface area contributed by atoms with Gasteiger partial charge in [0.2, 0.25) is 5.82 Å². The number of nitrogens with one attached hydrogen (secondary N) is 1. The molecule has 0 bridgehead atoms. The molecule has 180 valence electrons. The molecule has 4 rings (SSSR count). The molecule has 13 heteroatoms. The van der Waals surface area contributed by atoms with Crippen molar-refractivity contribution in [2.75, 3.05) is 22.9 Å². The van der Waals surface area contributed by atoms with Crippen molar-refractivity contribution in [3.63, 3.8) is 0 Å². The number of likely N-dealkylation sites (tertiary alicyclic amines) is 1. The van der Waals surface area contributed by atoms with Gasteiger partial charge in [-0.25, -0.2) is 8.78 Å². The van der Waals surface area contributed by atoms with Gasteiger partial charge in [0.15, 0.2) is 0 Å². The third kappa shape index (κ3) is 4.83. The van der Waals surface area contributed by atoms with Gasteiger partial charge >= 0.3 is 6.47 Å². The molecule has 1 N–H and O–H groups in total. The van der Waals surface area contributed by atoms with Crippen molar-refractivity contribution in [3.8, 4) is 0 Å². The smallest absolute Gasteiger partial charge is 0.322 e. The van der Waals surface area contributed by atoms with Crippen molar-refractivity contribution in [2.24, 2.45) is 0 Å². The van der Waals surface area contributed by atoms with Crippen LogP contribution < -0.4 is 9.79 Å². The molecule has 0 amide bonds. The highest BCUT2D eigenvalue weighted by atomic mass is 35.5. The zero-order valence-electron chi connectivity index (χ0n) is 17.6. The van der Waals surface area contributed by atoms with Gasteiger partial charge in [0.25, 0.3) is 10.0 Å². The molecule has 0 aliphatic carbocycles. The molecule has 1 aromatic heterocycles. The average Bonchev–Trinajstić information content (AvgIpc) is 3.30. The monoisotopic (exact) mass is 512 g/mol. The zero-order chi connectivity index (χ0) is 24.3. The lowest BCUT2D eigenvalue weighted by Gasteiger charge is -2.31. The topological polar surface area (TPSA) is 105 Å². The predicted molar refractivity (Wildman–Crippen MR) is 118 cm³/mol. The van der Waals surface area contributed by atoms with Gasteiger partial charge in [0.1, 0.15) is 22.8 Å². The number of halogens is 3. The first-order valence-electron chi connectivity index (χ1n) is 10.1. The normalized spacial score (nSPS) is 13.9. The van der Waals surface area contributed by atoms with E-state index in [9.17, 15) is 22.0 Å². The number of carbonyl (C=O) groups is 1. The summed E-state index contributed by atoms with van der Waals surface area (Å²) in [5.74, 6) is -2.00. The van der Waals surface area contributed by atoms with Gasteiger partial charge in [-0.15, -0.1) is 0 Å². The SMILES string of the molecule is O=CON(c1ccon1)S(=O)(=O)c1cc(Cl)c(NCc2c(F)cccc2CN2CCC2)cc1F. The molecule has 0 atom stereocenters. The molecule has 1 fully saturated rings. The molecule has 0 saturated carbocycles. The van der Waals surface area contributed by atoms with Crippen LogP contribution in [0.1, 0.15) is 17.5 Å². The van der Waals surface area contributed by atoms with Crippen LogP contribution in [-0.2, 0) is 32.7 Å². The van der Waals surface area contributed by atoms with Crippen LogP contribution in [0.15, 0.2) is 52.1 Å². The number of rotatable bonds is 10. The summed E-state index contributed by atoms with van der Waals surface area (Å²) < 4.78 is 59.9. The van der Waals surface area contributed by atoms with Gasteiger partial charge in [-0.3, -0.25) is 9.69 Å². The minimum absolute atomic E-state index is 0.000417. The number of carbonyl (C=O) groups excluding carboxylic acids is 1. The van der Waals surface area contributed by atoms with Crippen molar-refractivity contribution < 1.29 is 31.4 Å². The lowest BCUT2D eigenvalue weighted by atomic mass is 10.0. The molecule has 34 heavy (non-hydrogen) atoms. The maximum Gasteiger partial charge on any atom is 0.322 e. The Morgan fingerprint density at radius 3 is 2.68 bits per heavy atom. The van der Waals surface area contributed by atoms with E-state index in [1.54, 1.807) is 6.07 Å². The van der Waals surface area contributed by atoms with E-state index in [0.29, 0.717) is 12.1 Å². The minimum atomic E-state index is -4.74. The van der Waals surface area contributed by atoms with E-state index in [2.05, 4.69) is 24.7 Å². The second kappa shape index (κ2) is 9.95. The summed E-state index contributed by atoms with van der Waals surface area (Å²) in [7, 11) is -4.74. The van der Waals surface area contributed by atoms with Crippen LogP contribution in [0.4, 0.5) is 20.3 Å². The highest BCUT2D eigenvalue weighted by Gasteiger charge is 2.33. The third-order valence-corrected chi connectivity index (χ3v) is 7.17. The van der Waals surface area contributed by atoms with Gasteiger partial charge in [-0.2, -0.15) is 8.42 Å². The third-order valence-electron chi connectivity index (χ3n) is 5.28. The molecule has 0 spiro atoms. The number of hydrogen-bond acceptors (Lipinski definition) is 8. The molecule has 0 radical (unpaired) electrons. The lowest BCUT2D eigenvalue weighted by molar-refractivity contribution is -0.128. The highest BCUT2D eigenvalue weighted by molar-refractivity contribution is 7.92. The maximum atomic E-state index is 14.9. The van der Waals surface area contributed by atoms with Crippen LogP contribution in [-0.4, -0.2) is 38.0 Å². The summed E-state index contributed by atoms with van der Waals surface area (Å²) in [4.78, 5) is 16.6. The lowest BCUT2D eigenvalue weighted by Crippen LogP contribution is -2.36. The fraction of sp³-hybridized carbons (Fsp3) is 0.238. The molecule has 1 saturated heterocycles. The fourth-order valence-corrected chi connectivity index (χ4v) is 4.97. The highest BCUT2D eigenvalue weighted by Crippen LogP contribution is 2.32. The minimum Gasteiger partial charge on any atom is -0.380 e. The van der Waals surface area contributed by atoms with Gasteiger partial charge in [-0.1, -0.05) is 33.4 Å². The van der Waals surface area contributed by atoms with E-state index >= 15 is 0 Å². The van der Waals surface area contributed by atoms with Crippen LogP contribution in [0.25, 0.3) is 0 Å². The number of nitrogens with zero attached hydrogens (tertiary/aromatic N) is 3. The van der Waals surface area contributed by atoms with Crippen molar-refractivity contribution in [3.05, 3.63) is 70.4 Å². The first-order chi connectivity index (χ1) is 16.3. The summed E-state index contributed by atoms with van der Waals surface area (Å²) in [6.45, 7) is 2.31. The van der Waals surface area contributed by atoms with Crippen LogP contribution in [0, 0.1) is 11.6 Å². The van der Waals surface area contributed by atoms with Crippen LogP contribution >= 0.6 is 11.6 Å². The summed E-state index contributed by atoms with van der Waals surface area (Å²) in [6.07, 6.45) is 2.14. The molecule has 1 aliphatic heterocycles. The predicted octanol–water partition coefficient (Wildman–Crippen LogP) is 3.71.